The van der Waals surface area contributed by atoms with Gasteiger partial charge in [-0.15, -0.1) is 5.10 Å². The first-order valence-corrected chi connectivity index (χ1v) is 4.60. The van der Waals surface area contributed by atoms with Gasteiger partial charge in [0.25, 0.3) is 0 Å². The summed E-state index contributed by atoms with van der Waals surface area (Å²) in [7, 11) is 0. The third kappa shape index (κ3) is 1.67. The van der Waals surface area contributed by atoms with Gasteiger partial charge in [-0.1, -0.05) is 0 Å². The zero-order chi connectivity index (χ0) is 9.97. The van der Waals surface area contributed by atoms with E-state index in [1.54, 1.807) is 10.6 Å². The van der Waals surface area contributed by atoms with Gasteiger partial charge in [0.15, 0.2) is 5.65 Å². The number of aromatic nitrogens is 3. The van der Waals surface area contributed by atoms with Crippen LogP contribution in [0.2, 0.25) is 0 Å². The van der Waals surface area contributed by atoms with Crippen molar-refractivity contribution in [2.75, 3.05) is 12.3 Å². The van der Waals surface area contributed by atoms with Crippen LogP contribution in [0.3, 0.4) is 0 Å². The molecule has 14 heavy (non-hydrogen) atoms. The second kappa shape index (κ2) is 3.63. The van der Waals surface area contributed by atoms with Crippen LogP contribution >= 0.6 is 0 Å². The SMILES string of the molecule is NCCCc1cn2nc(N)ccc2n1. The summed E-state index contributed by atoms with van der Waals surface area (Å²) in [5.74, 6) is 0.500. The van der Waals surface area contributed by atoms with Gasteiger partial charge in [-0.05, 0) is 31.5 Å². The smallest absolute Gasteiger partial charge is 0.153 e. The first-order valence-electron chi connectivity index (χ1n) is 4.60. The maximum atomic E-state index is 5.55. The molecule has 0 atom stereocenters. The Hall–Kier alpha value is -1.62. The molecular weight excluding hydrogens is 178 g/mol. The number of hydrogen-bond donors (Lipinski definition) is 2. The molecule has 0 bridgehead atoms. The Kier molecular flexibility index (Phi) is 2.32. The zero-order valence-electron chi connectivity index (χ0n) is 7.85. The molecule has 0 aliphatic carbocycles. The fraction of sp³-hybridized carbons (Fsp3) is 0.333. The number of nitrogens with zero attached hydrogens (tertiary/aromatic N) is 3. The van der Waals surface area contributed by atoms with Gasteiger partial charge >= 0.3 is 0 Å². The summed E-state index contributed by atoms with van der Waals surface area (Å²) in [4.78, 5) is 4.38. The van der Waals surface area contributed by atoms with Crippen molar-refractivity contribution in [1.82, 2.24) is 14.6 Å². The quantitative estimate of drug-likeness (QED) is 0.726. The Morgan fingerprint density at radius 2 is 2.21 bits per heavy atom. The monoisotopic (exact) mass is 191 g/mol. The van der Waals surface area contributed by atoms with Crippen molar-refractivity contribution < 1.29 is 0 Å². The molecule has 0 spiro atoms. The van der Waals surface area contributed by atoms with Gasteiger partial charge < -0.3 is 11.5 Å². The Morgan fingerprint density at radius 1 is 1.36 bits per heavy atom. The van der Waals surface area contributed by atoms with Crippen molar-refractivity contribution in [2.24, 2.45) is 5.73 Å². The van der Waals surface area contributed by atoms with Crippen LogP contribution in [0.5, 0.6) is 0 Å². The average molecular weight is 191 g/mol. The van der Waals surface area contributed by atoms with E-state index in [-0.39, 0.29) is 0 Å². The van der Waals surface area contributed by atoms with Crippen molar-refractivity contribution in [3.05, 3.63) is 24.0 Å². The summed E-state index contributed by atoms with van der Waals surface area (Å²) in [5.41, 5.74) is 12.8. The van der Waals surface area contributed by atoms with E-state index in [1.165, 1.54) is 0 Å². The normalized spacial score (nSPS) is 10.9. The third-order valence-corrected chi connectivity index (χ3v) is 2.03. The number of fused-ring (bicyclic) bond motifs is 1. The van der Waals surface area contributed by atoms with E-state index in [4.69, 9.17) is 11.5 Å². The molecule has 0 aromatic carbocycles. The first-order chi connectivity index (χ1) is 6.79. The fourth-order valence-corrected chi connectivity index (χ4v) is 1.35. The van der Waals surface area contributed by atoms with Crippen LogP contribution in [0.1, 0.15) is 12.1 Å². The fourth-order valence-electron chi connectivity index (χ4n) is 1.35. The van der Waals surface area contributed by atoms with Gasteiger partial charge in [-0.2, -0.15) is 0 Å². The van der Waals surface area contributed by atoms with E-state index in [0.717, 1.165) is 24.2 Å². The molecule has 0 aliphatic rings. The van der Waals surface area contributed by atoms with Crippen molar-refractivity contribution in [3.8, 4) is 0 Å². The van der Waals surface area contributed by atoms with Crippen LogP contribution in [0.15, 0.2) is 18.3 Å². The topological polar surface area (TPSA) is 82.2 Å². The molecule has 0 amide bonds. The molecule has 74 valence electrons. The second-order valence-corrected chi connectivity index (χ2v) is 3.19. The number of nitrogens with two attached hydrogens (primary N) is 2. The van der Waals surface area contributed by atoms with Gasteiger partial charge in [0.1, 0.15) is 5.82 Å². The lowest BCUT2D eigenvalue weighted by molar-refractivity contribution is 0.814. The Labute approximate surface area is 81.7 Å². The number of hydrogen-bond acceptors (Lipinski definition) is 4. The molecule has 2 aromatic heterocycles. The van der Waals surface area contributed by atoms with E-state index in [0.29, 0.717) is 12.4 Å². The van der Waals surface area contributed by atoms with Crippen molar-refractivity contribution >= 4 is 11.5 Å². The van der Waals surface area contributed by atoms with Gasteiger partial charge in [-0.3, -0.25) is 0 Å². The minimum absolute atomic E-state index is 0.500. The first kappa shape index (κ1) is 8.96. The highest BCUT2D eigenvalue weighted by Gasteiger charge is 2.01. The number of aryl methyl sites for hydroxylation is 1. The molecule has 2 rings (SSSR count). The molecule has 0 fully saturated rings. The molecule has 4 N–H and O–H groups in total. The van der Waals surface area contributed by atoms with Gasteiger partial charge in [0, 0.05) is 0 Å². The maximum Gasteiger partial charge on any atom is 0.153 e. The van der Waals surface area contributed by atoms with E-state index in [1.807, 2.05) is 12.3 Å². The molecule has 0 radical (unpaired) electrons. The van der Waals surface area contributed by atoms with E-state index in [9.17, 15) is 0 Å². The summed E-state index contributed by atoms with van der Waals surface area (Å²) in [6.07, 6.45) is 3.72. The molecule has 2 heterocycles. The van der Waals surface area contributed by atoms with E-state index >= 15 is 0 Å². The van der Waals surface area contributed by atoms with Crippen LogP contribution in [-0.2, 0) is 6.42 Å². The number of imidazole rings is 1. The molecule has 2 aromatic rings. The highest BCUT2D eigenvalue weighted by atomic mass is 15.3. The molecule has 0 unspecified atom stereocenters. The molecule has 5 heteroatoms. The van der Waals surface area contributed by atoms with E-state index in [2.05, 4.69) is 10.1 Å². The second-order valence-electron chi connectivity index (χ2n) is 3.19. The lowest BCUT2D eigenvalue weighted by Crippen LogP contribution is -2.00. The van der Waals surface area contributed by atoms with Gasteiger partial charge in [0.05, 0.1) is 11.9 Å². The molecule has 0 saturated carbocycles. The lowest BCUT2D eigenvalue weighted by atomic mass is 10.2. The predicted octanol–water partition coefficient (Wildman–Crippen LogP) is 0.203. The highest BCUT2D eigenvalue weighted by Crippen LogP contribution is 2.06. The maximum absolute atomic E-state index is 5.55. The third-order valence-electron chi connectivity index (χ3n) is 2.03. The van der Waals surface area contributed by atoms with Crippen LogP contribution in [0.4, 0.5) is 5.82 Å². The lowest BCUT2D eigenvalue weighted by Gasteiger charge is -1.91. The molecule has 0 saturated heterocycles. The Balaban J connectivity index is 2.32. The molecular formula is C9H13N5. The molecule has 5 nitrogen and oxygen atoms in total. The van der Waals surface area contributed by atoms with E-state index < -0.39 is 0 Å². The van der Waals surface area contributed by atoms with Gasteiger partial charge in [-0.25, -0.2) is 9.50 Å². The minimum atomic E-state index is 0.500. The Morgan fingerprint density at radius 3 is 3.00 bits per heavy atom. The summed E-state index contributed by atoms with van der Waals surface area (Å²) < 4.78 is 1.70. The molecule has 0 aliphatic heterocycles. The predicted molar refractivity (Wildman–Crippen MR) is 54.8 cm³/mol. The van der Waals surface area contributed by atoms with Crippen molar-refractivity contribution in [1.29, 1.82) is 0 Å². The minimum Gasteiger partial charge on any atom is -0.382 e. The van der Waals surface area contributed by atoms with Crippen molar-refractivity contribution in [3.63, 3.8) is 0 Å². The largest absolute Gasteiger partial charge is 0.382 e. The van der Waals surface area contributed by atoms with Crippen LogP contribution in [0.25, 0.3) is 5.65 Å². The van der Waals surface area contributed by atoms with Crippen LogP contribution in [-0.4, -0.2) is 21.1 Å². The van der Waals surface area contributed by atoms with Crippen molar-refractivity contribution in [2.45, 2.75) is 12.8 Å². The summed E-state index contributed by atoms with van der Waals surface area (Å²) in [6, 6.07) is 3.60. The van der Waals surface area contributed by atoms with Crippen LogP contribution in [0, 0.1) is 0 Å². The van der Waals surface area contributed by atoms with Gasteiger partial charge in [0.2, 0.25) is 0 Å². The number of rotatable bonds is 3. The average Bonchev–Trinajstić information content (AvgIpc) is 2.56. The standard InChI is InChI=1S/C9H13N5/c10-5-1-2-7-6-14-9(12-7)4-3-8(11)13-14/h3-4,6H,1-2,5,10H2,(H2,11,13). The summed E-state index contributed by atoms with van der Waals surface area (Å²) in [5, 5.41) is 4.11. The summed E-state index contributed by atoms with van der Waals surface area (Å²) in [6.45, 7) is 0.684. The van der Waals surface area contributed by atoms with Crippen LogP contribution < -0.4 is 11.5 Å². The zero-order valence-corrected chi connectivity index (χ0v) is 7.85. The number of anilines is 1. The Bertz CT molecular complexity index is 434. The summed E-state index contributed by atoms with van der Waals surface area (Å²) >= 11 is 0. The number of nitrogen functional groups attached to an aromatic ring is 1. The highest BCUT2D eigenvalue weighted by molar-refractivity contribution is 5.42.